The summed E-state index contributed by atoms with van der Waals surface area (Å²) in [5.41, 5.74) is 2.13. The number of rotatable bonds is 4. The van der Waals surface area contributed by atoms with Crippen molar-refractivity contribution in [3.63, 3.8) is 0 Å². The van der Waals surface area contributed by atoms with Crippen LogP contribution in [0.5, 0.6) is 11.5 Å². The van der Waals surface area contributed by atoms with Gasteiger partial charge in [-0.15, -0.1) is 0 Å². The predicted molar refractivity (Wildman–Crippen MR) is 101 cm³/mol. The third kappa shape index (κ3) is 4.79. The summed E-state index contributed by atoms with van der Waals surface area (Å²) in [6, 6.07) is 13.8. The molecule has 0 amide bonds. The number of benzene rings is 2. The van der Waals surface area contributed by atoms with Crippen LogP contribution in [0.4, 0.5) is 0 Å². The summed E-state index contributed by atoms with van der Waals surface area (Å²) in [7, 11) is 1.75. The Balaban J connectivity index is 1.56. The Hall–Kier alpha value is -2.40. The van der Waals surface area contributed by atoms with E-state index in [1.807, 2.05) is 42.5 Å². The zero-order valence-electron chi connectivity index (χ0n) is 14.2. The third-order valence-electron chi connectivity index (χ3n) is 3.90. The van der Waals surface area contributed by atoms with Gasteiger partial charge >= 0.3 is 0 Å². The van der Waals surface area contributed by atoms with Crippen LogP contribution in [0.25, 0.3) is 0 Å². The number of aliphatic imine (C=N–C) groups is 1. The van der Waals surface area contributed by atoms with Gasteiger partial charge in [-0.2, -0.15) is 0 Å². The van der Waals surface area contributed by atoms with E-state index < -0.39 is 0 Å². The molecule has 2 aromatic carbocycles. The Morgan fingerprint density at radius 1 is 1.04 bits per heavy atom. The summed E-state index contributed by atoms with van der Waals surface area (Å²) in [5.74, 6) is 2.32. The van der Waals surface area contributed by atoms with Gasteiger partial charge in [0.1, 0.15) is 0 Å². The number of nitrogens with one attached hydrogen (secondary N) is 2. The number of halogens is 1. The quantitative estimate of drug-likeness (QED) is 0.649. The van der Waals surface area contributed by atoms with Crippen molar-refractivity contribution >= 4 is 17.6 Å². The molecular formula is C19H22ClN3O2. The molecule has 1 heterocycles. The lowest BCUT2D eigenvalue weighted by molar-refractivity contribution is 0.297. The normalized spacial score (nSPS) is 13.9. The van der Waals surface area contributed by atoms with E-state index in [4.69, 9.17) is 21.1 Å². The van der Waals surface area contributed by atoms with Crippen LogP contribution >= 0.6 is 11.6 Å². The van der Waals surface area contributed by atoms with E-state index in [2.05, 4.69) is 15.6 Å². The molecule has 2 N–H and O–H groups in total. The molecule has 0 aromatic heterocycles. The Morgan fingerprint density at radius 3 is 2.60 bits per heavy atom. The number of fused-ring (bicyclic) bond motifs is 1. The van der Waals surface area contributed by atoms with Crippen LogP contribution in [0.3, 0.4) is 0 Å². The van der Waals surface area contributed by atoms with Crippen molar-refractivity contribution in [1.29, 1.82) is 0 Å². The summed E-state index contributed by atoms with van der Waals surface area (Å²) in [6.07, 6.45) is 0.904. The van der Waals surface area contributed by atoms with Crippen molar-refractivity contribution in [2.75, 3.05) is 20.3 Å². The highest BCUT2D eigenvalue weighted by atomic mass is 35.5. The molecule has 0 unspecified atom stereocenters. The molecule has 0 radical (unpaired) electrons. The minimum Gasteiger partial charge on any atom is -0.490 e. The number of ether oxygens (including phenoxy) is 2. The molecule has 2 aromatic rings. The van der Waals surface area contributed by atoms with Gasteiger partial charge in [0.15, 0.2) is 17.5 Å². The topological polar surface area (TPSA) is 54.9 Å². The molecule has 0 saturated heterocycles. The van der Waals surface area contributed by atoms with E-state index >= 15 is 0 Å². The first kappa shape index (κ1) is 17.4. The van der Waals surface area contributed by atoms with E-state index in [0.717, 1.165) is 34.1 Å². The van der Waals surface area contributed by atoms with Gasteiger partial charge in [0, 0.05) is 31.6 Å². The summed E-state index contributed by atoms with van der Waals surface area (Å²) in [6.45, 7) is 2.63. The molecule has 1 aliphatic heterocycles. The van der Waals surface area contributed by atoms with Crippen LogP contribution < -0.4 is 20.1 Å². The SMILES string of the molecule is CN=C(NCc1ccc2c(c1)OCCCO2)NCc1ccccc1Cl. The molecule has 0 bridgehead atoms. The molecule has 0 spiro atoms. The molecule has 25 heavy (non-hydrogen) atoms. The van der Waals surface area contributed by atoms with Crippen LogP contribution in [-0.4, -0.2) is 26.2 Å². The van der Waals surface area contributed by atoms with E-state index in [-0.39, 0.29) is 0 Å². The lowest BCUT2D eigenvalue weighted by atomic mass is 10.2. The van der Waals surface area contributed by atoms with Crippen molar-refractivity contribution in [3.8, 4) is 11.5 Å². The Labute approximate surface area is 153 Å². The third-order valence-corrected chi connectivity index (χ3v) is 4.27. The van der Waals surface area contributed by atoms with E-state index in [0.29, 0.717) is 32.3 Å². The smallest absolute Gasteiger partial charge is 0.191 e. The van der Waals surface area contributed by atoms with Crippen molar-refractivity contribution in [2.24, 2.45) is 4.99 Å². The first-order valence-electron chi connectivity index (χ1n) is 8.32. The summed E-state index contributed by atoms with van der Waals surface area (Å²) >= 11 is 6.18. The van der Waals surface area contributed by atoms with E-state index in [1.165, 1.54) is 0 Å². The average molecular weight is 360 g/mol. The second-order valence-electron chi connectivity index (χ2n) is 5.70. The molecular weight excluding hydrogens is 338 g/mol. The number of nitrogens with zero attached hydrogens (tertiary/aromatic N) is 1. The highest BCUT2D eigenvalue weighted by Crippen LogP contribution is 2.30. The molecule has 0 fully saturated rings. The largest absolute Gasteiger partial charge is 0.490 e. The summed E-state index contributed by atoms with van der Waals surface area (Å²) < 4.78 is 11.4. The van der Waals surface area contributed by atoms with Crippen LogP contribution in [0.1, 0.15) is 17.5 Å². The fourth-order valence-electron chi connectivity index (χ4n) is 2.54. The number of hydrogen-bond acceptors (Lipinski definition) is 3. The first-order valence-corrected chi connectivity index (χ1v) is 8.70. The fraction of sp³-hybridized carbons (Fsp3) is 0.316. The fourth-order valence-corrected chi connectivity index (χ4v) is 2.75. The van der Waals surface area contributed by atoms with Crippen LogP contribution in [0.15, 0.2) is 47.5 Å². The van der Waals surface area contributed by atoms with Gasteiger partial charge in [0.25, 0.3) is 0 Å². The summed E-state index contributed by atoms with van der Waals surface area (Å²) in [5, 5.41) is 7.31. The monoisotopic (exact) mass is 359 g/mol. The maximum absolute atomic E-state index is 6.18. The predicted octanol–water partition coefficient (Wildman–Crippen LogP) is 3.37. The molecule has 0 saturated carbocycles. The van der Waals surface area contributed by atoms with Crippen molar-refractivity contribution in [3.05, 3.63) is 58.6 Å². The highest BCUT2D eigenvalue weighted by molar-refractivity contribution is 6.31. The molecule has 6 heteroatoms. The van der Waals surface area contributed by atoms with Gasteiger partial charge in [0.2, 0.25) is 0 Å². The van der Waals surface area contributed by atoms with Gasteiger partial charge < -0.3 is 20.1 Å². The second kappa shape index (κ2) is 8.62. The van der Waals surface area contributed by atoms with Gasteiger partial charge in [-0.05, 0) is 29.3 Å². The molecule has 132 valence electrons. The average Bonchev–Trinajstić information content (AvgIpc) is 2.88. The molecule has 1 aliphatic rings. The highest BCUT2D eigenvalue weighted by Gasteiger charge is 2.10. The zero-order chi connectivity index (χ0) is 17.5. The van der Waals surface area contributed by atoms with Gasteiger partial charge in [-0.3, -0.25) is 4.99 Å². The standard InChI is InChI=1S/C19H22ClN3O2/c1-21-19(23-13-15-5-2-3-6-16(15)20)22-12-14-7-8-17-18(11-14)25-10-4-9-24-17/h2-3,5-8,11H,4,9-10,12-13H2,1H3,(H2,21,22,23). The van der Waals surface area contributed by atoms with Crippen LogP contribution in [-0.2, 0) is 13.1 Å². The van der Waals surface area contributed by atoms with Gasteiger partial charge in [-0.25, -0.2) is 0 Å². The Bertz CT molecular complexity index is 749. The maximum atomic E-state index is 6.18. The zero-order valence-corrected chi connectivity index (χ0v) is 15.0. The molecule has 3 rings (SSSR count). The van der Waals surface area contributed by atoms with Crippen LogP contribution in [0, 0.1) is 0 Å². The number of hydrogen-bond donors (Lipinski definition) is 2. The van der Waals surface area contributed by atoms with Crippen molar-refractivity contribution < 1.29 is 9.47 Å². The van der Waals surface area contributed by atoms with Crippen molar-refractivity contribution in [2.45, 2.75) is 19.5 Å². The number of guanidine groups is 1. The minimum absolute atomic E-state index is 0.612. The summed E-state index contributed by atoms with van der Waals surface area (Å²) in [4.78, 5) is 4.25. The lowest BCUT2D eigenvalue weighted by Gasteiger charge is -2.14. The second-order valence-corrected chi connectivity index (χ2v) is 6.11. The Kier molecular flexibility index (Phi) is 6.01. The van der Waals surface area contributed by atoms with E-state index in [9.17, 15) is 0 Å². The van der Waals surface area contributed by atoms with Crippen molar-refractivity contribution in [1.82, 2.24) is 10.6 Å². The molecule has 0 aliphatic carbocycles. The van der Waals surface area contributed by atoms with Crippen LogP contribution in [0.2, 0.25) is 5.02 Å². The lowest BCUT2D eigenvalue weighted by Crippen LogP contribution is -2.36. The van der Waals surface area contributed by atoms with E-state index in [1.54, 1.807) is 7.05 Å². The van der Waals surface area contributed by atoms with Gasteiger partial charge in [-0.1, -0.05) is 35.9 Å². The maximum Gasteiger partial charge on any atom is 0.191 e. The molecule has 0 atom stereocenters. The minimum atomic E-state index is 0.612. The Morgan fingerprint density at radius 2 is 1.80 bits per heavy atom. The molecule has 5 nitrogen and oxygen atoms in total. The first-order chi connectivity index (χ1) is 12.3. The van der Waals surface area contributed by atoms with Gasteiger partial charge in [0.05, 0.1) is 13.2 Å².